The lowest BCUT2D eigenvalue weighted by Gasteiger charge is -2.20. The first-order chi connectivity index (χ1) is 14.9. The predicted molar refractivity (Wildman–Crippen MR) is 115 cm³/mol. The zero-order valence-electron chi connectivity index (χ0n) is 17.1. The Morgan fingerprint density at radius 1 is 1.06 bits per heavy atom. The molecule has 160 valence electrons. The van der Waals surface area contributed by atoms with E-state index in [1.54, 1.807) is 6.92 Å². The van der Waals surface area contributed by atoms with Crippen molar-refractivity contribution in [1.82, 2.24) is 10.6 Å². The van der Waals surface area contributed by atoms with Crippen molar-refractivity contribution in [3.63, 3.8) is 0 Å². The van der Waals surface area contributed by atoms with Crippen molar-refractivity contribution >= 4 is 18.0 Å². The molecular weight excluding hydrogens is 396 g/mol. The van der Waals surface area contributed by atoms with Gasteiger partial charge < -0.3 is 20.5 Å². The van der Waals surface area contributed by atoms with Crippen LogP contribution in [0.15, 0.2) is 48.5 Å². The average Bonchev–Trinajstić information content (AvgIpc) is 3.09. The van der Waals surface area contributed by atoms with Crippen molar-refractivity contribution in [2.24, 2.45) is 0 Å². The van der Waals surface area contributed by atoms with E-state index in [0.29, 0.717) is 6.42 Å². The van der Waals surface area contributed by atoms with Crippen molar-refractivity contribution in [1.29, 1.82) is 0 Å². The van der Waals surface area contributed by atoms with E-state index in [1.807, 2.05) is 48.5 Å². The number of carboxylic acid groups (broad SMARTS) is 1. The van der Waals surface area contributed by atoms with E-state index in [4.69, 9.17) is 16.3 Å². The van der Waals surface area contributed by atoms with Gasteiger partial charge in [0, 0.05) is 5.92 Å². The fourth-order valence-electron chi connectivity index (χ4n) is 3.70. The summed E-state index contributed by atoms with van der Waals surface area (Å²) in [5.41, 5.74) is 4.29. The minimum Gasteiger partial charge on any atom is -0.481 e. The first-order valence-corrected chi connectivity index (χ1v) is 10.0. The Morgan fingerprint density at radius 3 is 2.16 bits per heavy atom. The van der Waals surface area contributed by atoms with Crippen LogP contribution in [0.3, 0.4) is 0 Å². The molecule has 31 heavy (non-hydrogen) atoms. The Labute approximate surface area is 180 Å². The van der Waals surface area contributed by atoms with Gasteiger partial charge in [0.15, 0.2) is 0 Å². The molecule has 2 unspecified atom stereocenters. The van der Waals surface area contributed by atoms with Crippen LogP contribution in [0.2, 0.25) is 0 Å². The van der Waals surface area contributed by atoms with Crippen LogP contribution in [-0.2, 0) is 14.3 Å². The highest BCUT2D eigenvalue weighted by atomic mass is 16.5. The molecule has 0 heterocycles. The highest BCUT2D eigenvalue weighted by Gasteiger charge is 2.30. The van der Waals surface area contributed by atoms with Crippen LogP contribution in [0.4, 0.5) is 4.79 Å². The fraction of sp³-hybridized carbons (Fsp3) is 0.292. The number of aliphatic carboxylic acids is 1. The molecule has 0 saturated carbocycles. The smallest absolute Gasteiger partial charge is 0.407 e. The van der Waals surface area contributed by atoms with Crippen LogP contribution in [0.1, 0.15) is 36.8 Å². The summed E-state index contributed by atoms with van der Waals surface area (Å²) in [6.07, 6.45) is 4.37. The first kappa shape index (κ1) is 21.9. The van der Waals surface area contributed by atoms with Crippen molar-refractivity contribution in [2.45, 2.75) is 37.8 Å². The molecule has 0 saturated heterocycles. The van der Waals surface area contributed by atoms with Crippen LogP contribution in [0.5, 0.6) is 0 Å². The van der Waals surface area contributed by atoms with Gasteiger partial charge in [0.2, 0.25) is 5.91 Å². The maximum atomic E-state index is 12.4. The van der Waals surface area contributed by atoms with Crippen molar-refractivity contribution in [3.8, 4) is 23.5 Å². The van der Waals surface area contributed by atoms with Gasteiger partial charge in [-0.1, -0.05) is 61.4 Å². The van der Waals surface area contributed by atoms with Crippen LogP contribution in [0.25, 0.3) is 11.1 Å². The highest BCUT2D eigenvalue weighted by Crippen LogP contribution is 2.44. The largest absolute Gasteiger partial charge is 0.481 e. The van der Waals surface area contributed by atoms with Gasteiger partial charge in [-0.2, -0.15) is 0 Å². The number of ether oxygens (including phenoxy) is 1. The number of nitrogens with one attached hydrogen (secondary N) is 2. The molecule has 0 radical (unpaired) electrons. The van der Waals surface area contributed by atoms with E-state index in [0.717, 1.165) is 22.3 Å². The second-order valence-corrected chi connectivity index (χ2v) is 7.26. The summed E-state index contributed by atoms with van der Waals surface area (Å²) in [6.45, 7) is 1.85. The SMILES string of the molecule is C#CC(CC)NC(=O)C(CC(=O)O)NC(=O)OCC1c2ccccc2-c2ccccc21. The summed E-state index contributed by atoms with van der Waals surface area (Å²) >= 11 is 0. The summed E-state index contributed by atoms with van der Waals surface area (Å²) in [5, 5.41) is 14.0. The summed E-state index contributed by atoms with van der Waals surface area (Å²) in [4.78, 5) is 35.9. The van der Waals surface area contributed by atoms with Crippen molar-refractivity contribution in [2.75, 3.05) is 6.61 Å². The minimum absolute atomic E-state index is 0.0587. The lowest BCUT2D eigenvalue weighted by molar-refractivity contribution is -0.139. The molecule has 0 bridgehead atoms. The van der Waals surface area contributed by atoms with E-state index in [1.165, 1.54) is 0 Å². The Hall–Kier alpha value is -3.79. The Bertz CT molecular complexity index is 981. The van der Waals surface area contributed by atoms with Gasteiger partial charge in [-0.05, 0) is 28.7 Å². The van der Waals surface area contributed by atoms with Crippen LogP contribution in [-0.4, -0.2) is 41.8 Å². The third-order valence-electron chi connectivity index (χ3n) is 5.26. The number of amides is 2. The standard InChI is InChI=1S/C24H24N2O5/c1-3-15(4-2)25-23(29)21(13-22(27)28)26-24(30)31-14-20-18-11-7-5-9-16(18)17-10-6-8-12-19(17)20/h1,5-12,15,20-21H,4,13-14H2,2H3,(H,25,29)(H,26,30)(H,27,28). The van der Waals surface area contributed by atoms with Gasteiger partial charge in [-0.3, -0.25) is 9.59 Å². The normalized spacial score (nSPS) is 13.8. The molecule has 1 aliphatic carbocycles. The summed E-state index contributed by atoms with van der Waals surface area (Å²) < 4.78 is 5.40. The molecule has 0 aromatic heterocycles. The zero-order valence-corrected chi connectivity index (χ0v) is 17.1. The first-order valence-electron chi connectivity index (χ1n) is 10.0. The third-order valence-corrected chi connectivity index (χ3v) is 5.26. The van der Waals surface area contributed by atoms with Gasteiger partial charge in [0.05, 0.1) is 12.5 Å². The van der Waals surface area contributed by atoms with Gasteiger partial charge >= 0.3 is 12.1 Å². The number of carboxylic acids is 1. The number of fused-ring (bicyclic) bond motifs is 3. The number of terminal acetylenes is 1. The second kappa shape index (κ2) is 9.81. The number of carbonyl (C=O) groups is 3. The molecule has 2 aromatic rings. The third kappa shape index (κ3) is 5.04. The molecule has 2 amide bonds. The molecule has 0 aliphatic heterocycles. The van der Waals surface area contributed by atoms with E-state index in [2.05, 4.69) is 16.6 Å². The maximum absolute atomic E-state index is 12.4. The molecule has 7 heteroatoms. The Kier molecular flexibility index (Phi) is 6.93. The zero-order chi connectivity index (χ0) is 22.4. The summed E-state index contributed by atoms with van der Waals surface area (Å²) in [6, 6.07) is 14.0. The number of alkyl carbamates (subject to hydrolysis) is 1. The number of hydrogen-bond acceptors (Lipinski definition) is 4. The van der Waals surface area contributed by atoms with Gasteiger partial charge in [0.25, 0.3) is 0 Å². The number of benzene rings is 2. The average molecular weight is 420 g/mol. The van der Waals surface area contributed by atoms with Crippen molar-refractivity contribution in [3.05, 3.63) is 59.7 Å². The number of carbonyl (C=O) groups excluding carboxylic acids is 2. The molecule has 3 rings (SSSR count). The molecule has 0 fully saturated rings. The molecular formula is C24H24N2O5. The molecule has 7 nitrogen and oxygen atoms in total. The topological polar surface area (TPSA) is 105 Å². The molecule has 2 atom stereocenters. The number of rotatable bonds is 8. The lowest BCUT2D eigenvalue weighted by atomic mass is 9.98. The van der Waals surface area contributed by atoms with Crippen LogP contribution >= 0.6 is 0 Å². The van der Waals surface area contributed by atoms with E-state index >= 15 is 0 Å². The molecule has 0 spiro atoms. The molecule has 1 aliphatic rings. The van der Waals surface area contributed by atoms with E-state index < -0.39 is 36.5 Å². The highest BCUT2D eigenvalue weighted by molar-refractivity contribution is 5.89. The minimum atomic E-state index is -1.30. The molecule has 3 N–H and O–H groups in total. The van der Waals surface area contributed by atoms with Gasteiger partial charge in [-0.25, -0.2) is 4.79 Å². The van der Waals surface area contributed by atoms with Crippen LogP contribution < -0.4 is 10.6 Å². The van der Waals surface area contributed by atoms with Gasteiger partial charge in [0.1, 0.15) is 12.6 Å². The quantitative estimate of drug-likeness (QED) is 0.570. The molecule has 2 aromatic carbocycles. The summed E-state index contributed by atoms with van der Waals surface area (Å²) in [7, 11) is 0. The van der Waals surface area contributed by atoms with E-state index in [9.17, 15) is 14.4 Å². The Morgan fingerprint density at radius 2 is 1.65 bits per heavy atom. The number of hydrogen-bond donors (Lipinski definition) is 3. The lowest BCUT2D eigenvalue weighted by Crippen LogP contribution is -2.50. The summed E-state index contributed by atoms with van der Waals surface area (Å²) in [5.74, 6) is 0.364. The van der Waals surface area contributed by atoms with Crippen LogP contribution in [0, 0.1) is 12.3 Å². The second-order valence-electron chi connectivity index (χ2n) is 7.26. The maximum Gasteiger partial charge on any atom is 0.407 e. The van der Waals surface area contributed by atoms with E-state index in [-0.39, 0.29) is 12.5 Å². The van der Waals surface area contributed by atoms with Crippen molar-refractivity contribution < 1.29 is 24.2 Å². The van der Waals surface area contributed by atoms with Gasteiger partial charge in [-0.15, -0.1) is 6.42 Å². The Balaban J connectivity index is 1.67. The fourth-order valence-corrected chi connectivity index (χ4v) is 3.70. The predicted octanol–water partition coefficient (Wildman–Crippen LogP) is 2.90. The monoisotopic (exact) mass is 420 g/mol.